The molecular formula is C15H18FN3O. The summed E-state index contributed by atoms with van der Waals surface area (Å²) >= 11 is 0. The topological polar surface area (TPSA) is 36.7 Å². The molecule has 0 radical (unpaired) electrons. The van der Waals surface area contributed by atoms with Crippen LogP contribution in [0.2, 0.25) is 0 Å². The maximum Gasteiger partial charge on any atom is 0.300 e. The summed E-state index contributed by atoms with van der Waals surface area (Å²) in [6.45, 7) is 8.46. The van der Waals surface area contributed by atoms with Crippen molar-refractivity contribution in [1.82, 2.24) is 10.2 Å². The third kappa shape index (κ3) is 3.55. The normalized spacial score (nSPS) is 18.0. The van der Waals surface area contributed by atoms with Crippen molar-refractivity contribution in [2.75, 3.05) is 19.6 Å². The number of benzene rings is 1. The van der Waals surface area contributed by atoms with Gasteiger partial charge in [0, 0.05) is 13.0 Å². The highest BCUT2D eigenvalue weighted by Gasteiger charge is 2.32. The second-order valence-electron chi connectivity index (χ2n) is 4.86. The lowest BCUT2D eigenvalue weighted by molar-refractivity contribution is -0.130. The first-order valence-corrected chi connectivity index (χ1v) is 6.82. The summed E-state index contributed by atoms with van der Waals surface area (Å²) < 4.78 is 13.4. The number of amides is 1. The number of rotatable bonds is 5. The molecule has 1 N–H and O–H groups in total. The van der Waals surface area contributed by atoms with Gasteiger partial charge in [0.1, 0.15) is 5.82 Å². The van der Waals surface area contributed by atoms with Crippen molar-refractivity contribution in [1.29, 1.82) is 0 Å². The highest BCUT2D eigenvalue weighted by Crippen LogP contribution is 2.17. The third-order valence-electron chi connectivity index (χ3n) is 3.50. The minimum Gasteiger partial charge on any atom is -0.308 e. The quantitative estimate of drug-likeness (QED) is 0.657. The number of halogens is 1. The van der Waals surface area contributed by atoms with Crippen molar-refractivity contribution in [2.24, 2.45) is 0 Å². The number of carbonyl (C=O) groups excluding carboxylic acids is 1. The lowest BCUT2D eigenvalue weighted by atomic mass is 10.1. The standard InChI is InChI=1S/C15H18FN3O/c1-17-14-7-4-10-19(14)15(20)11-18-9-8-12-5-2-3-6-13(12)16/h2-3,5-6,14,18H,4,7-11H2/t14-/m0/s1. The maximum atomic E-state index is 13.4. The van der Waals surface area contributed by atoms with Crippen LogP contribution in [0.1, 0.15) is 18.4 Å². The van der Waals surface area contributed by atoms with E-state index in [1.54, 1.807) is 23.1 Å². The average molecular weight is 275 g/mol. The molecular weight excluding hydrogens is 257 g/mol. The smallest absolute Gasteiger partial charge is 0.300 e. The van der Waals surface area contributed by atoms with Gasteiger partial charge in [0.25, 0.3) is 0 Å². The number of nitrogens with zero attached hydrogens (tertiary/aromatic N) is 2. The Balaban J connectivity index is 1.72. The minimum atomic E-state index is -0.295. The summed E-state index contributed by atoms with van der Waals surface area (Å²) in [5.74, 6) is -0.259. The molecule has 0 saturated carbocycles. The van der Waals surface area contributed by atoms with Gasteiger partial charge >= 0.3 is 6.17 Å². The molecule has 4 nitrogen and oxygen atoms in total. The van der Waals surface area contributed by atoms with Crippen molar-refractivity contribution >= 4 is 5.91 Å². The summed E-state index contributed by atoms with van der Waals surface area (Å²) in [6.07, 6.45) is 1.92. The molecule has 20 heavy (non-hydrogen) atoms. The van der Waals surface area contributed by atoms with Gasteiger partial charge in [-0.15, -0.1) is 0 Å². The largest absolute Gasteiger partial charge is 0.308 e. The summed E-state index contributed by atoms with van der Waals surface area (Å²) in [5.41, 5.74) is 0.646. The van der Waals surface area contributed by atoms with Crippen molar-refractivity contribution in [3.05, 3.63) is 47.1 Å². The first kappa shape index (κ1) is 14.5. The fourth-order valence-corrected chi connectivity index (χ4v) is 2.40. The van der Waals surface area contributed by atoms with Crippen LogP contribution in [-0.4, -0.2) is 36.6 Å². The first-order valence-electron chi connectivity index (χ1n) is 6.82. The van der Waals surface area contributed by atoms with E-state index in [4.69, 9.17) is 6.57 Å². The van der Waals surface area contributed by atoms with Crippen molar-refractivity contribution in [2.45, 2.75) is 25.4 Å². The SMILES string of the molecule is [C-]#[N+][C@@H]1CCCN1C(=O)CNCCc1ccccc1F. The van der Waals surface area contributed by atoms with E-state index >= 15 is 0 Å². The Morgan fingerprint density at radius 2 is 2.30 bits per heavy atom. The summed E-state index contributed by atoms with van der Waals surface area (Å²) in [4.78, 5) is 17.0. The Kier molecular flexibility index (Phi) is 5.08. The average Bonchev–Trinajstić information content (AvgIpc) is 2.93. The lowest BCUT2D eigenvalue weighted by Gasteiger charge is -2.16. The van der Waals surface area contributed by atoms with E-state index in [9.17, 15) is 9.18 Å². The molecule has 106 valence electrons. The zero-order valence-corrected chi connectivity index (χ0v) is 11.3. The van der Waals surface area contributed by atoms with Crippen LogP contribution in [-0.2, 0) is 11.2 Å². The van der Waals surface area contributed by atoms with Crippen LogP contribution < -0.4 is 5.32 Å². The molecule has 0 spiro atoms. The van der Waals surface area contributed by atoms with Gasteiger partial charge in [-0.1, -0.05) is 18.2 Å². The molecule has 1 aromatic carbocycles. The van der Waals surface area contributed by atoms with Gasteiger partial charge in [-0.3, -0.25) is 14.5 Å². The highest BCUT2D eigenvalue weighted by molar-refractivity contribution is 5.79. The molecule has 1 aliphatic rings. The van der Waals surface area contributed by atoms with E-state index in [0.717, 1.165) is 12.8 Å². The fourth-order valence-electron chi connectivity index (χ4n) is 2.40. The van der Waals surface area contributed by atoms with Crippen molar-refractivity contribution in [3.63, 3.8) is 0 Å². The lowest BCUT2D eigenvalue weighted by Crippen LogP contribution is -2.40. The minimum absolute atomic E-state index is 0.0444. The van der Waals surface area contributed by atoms with Crippen LogP contribution in [0.25, 0.3) is 4.85 Å². The second kappa shape index (κ2) is 7.01. The van der Waals surface area contributed by atoms with Gasteiger partial charge < -0.3 is 5.32 Å². The Bertz CT molecular complexity index is 512. The molecule has 0 bridgehead atoms. The number of hydrogen-bond donors (Lipinski definition) is 1. The molecule has 1 amide bonds. The van der Waals surface area contributed by atoms with Crippen molar-refractivity contribution < 1.29 is 9.18 Å². The van der Waals surface area contributed by atoms with Crippen LogP contribution in [0.4, 0.5) is 4.39 Å². The van der Waals surface area contributed by atoms with E-state index in [0.29, 0.717) is 25.1 Å². The van der Waals surface area contributed by atoms with Crippen LogP contribution in [0.5, 0.6) is 0 Å². The summed E-state index contributed by atoms with van der Waals surface area (Å²) in [6, 6.07) is 6.64. The maximum absolute atomic E-state index is 13.4. The molecule has 1 heterocycles. The Morgan fingerprint density at radius 3 is 3.05 bits per heavy atom. The highest BCUT2D eigenvalue weighted by atomic mass is 19.1. The third-order valence-corrected chi connectivity index (χ3v) is 3.50. The Labute approximate surface area is 118 Å². The van der Waals surface area contributed by atoms with Gasteiger partial charge in [0.2, 0.25) is 5.91 Å². The van der Waals surface area contributed by atoms with Crippen LogP contribution in [0, 0.1) is 12.4 Å². The predicted molar refractivity (Wildman–Crippen MR) is 74.3 cm³/mol. The molecule has 2 rings (SSSR count). The van der Waals surface area contributed by atoms with E-state index in [1.165, 1.54) is 6.07 Å². The van der Waals surface area contributed by atoms with Crippen LogP contribution in [0.3, 0.4) is 0 Å². The Morgan fingerprint density at radius 1 is 1.50 bits per heavy atom. The first-order chi connectivity index (χ1) is 9.72. The van der Waals surface area contributed by atoms with Crippen LogP contribution in [0.15, 0.2) is 24.3 Å². The Hall–Kier alpha value is -1.93. The number of carbonyl (C=O) groups is 1. The van der Waals surface area contributed by atoms with Gasteiger partial charge in [0.05, 0.1) is 6.54 Å². The molecule has 1 fully saturated rings. The molecule has 1 atom stereocenters. The molecule has 0 unspecified atom stereocenters. The molecule has 1 aliphatic heterocycles. The number of hydrogen-bond acceptors (Lipinski definition) is 2. The molecule has 0 aliphatic carbocycles. The fraction of sp³-hybridized carbons (Fsp3) is 0.467. The monoisotopic (exact) mass is 275 g/mol. The van der Waals surface area contributed by atoms with Gasteiger partial charge in [0.15, 0.2) is 0 Å². The van der Waals surface area contributed by atoms with Gasteiger partial charge in [-0.25, -0.2) is 11.0 Å². The van der Waals surface area contributed by atoms with Crippen molar-refractivity contribution in [3.8, 4) is 0 Å². The van der Waals surface area contributed by atoms with Crippen LogP contribution >= 0.6 is 0 Å². The number of likely N-dealkylation sites (tertiary alicyclic amines) is 1. The molecule has 1 saturated heterocycles. The van der Waals surface area contributed by atoms with E-state index < -0.39 is 0 Å². The van der Waals surface area contributed by atoms with Gasteiger partial charge in [-0.2, -0.15) is 0 Å². The zero-order chi connectivity index (χ0) is 14.4. The molecule has 5 heteroatoms. The molecule has 1 aromatic rings. The summed E-state index contributed by atoms with van der Waals surface area (Å²) in [7, 11) is 0. The van der Waals surface area contributed by atoms with E-state index in [2.05, 4.69) is 10.2 Å². The molecule has 0 aromatic heterocycles. The van der Waals surface area contributed by atoms with Gasteiger partial charge in [-0.05, 0) is 31.0 Å². The zero-order valence-electron chi connectivity index (χ0n) is 11.3. The predicted octanol–water partition coefficient (Wildman–Crippen LogP) is 1.83. The van der Waals surface area contributed by atoms with E-state index in [1.807, 2.05) is 0 Å². The number of nitrogens with one attached hydrogen (secondary N) is 1. The second-order valence-corrected chi connectivity index (χ2v) is 4.86. The van der Waals surface area contributed by atoms with E-state index in [-0.39, 0.29) is 24.4 Å². The summed E-state index contributed by atoms with van der Waals surface area (Å²) in [5, 5.41) is 3.02.